The van der Waals surface area contributed by atoms with Crippen molar-refractivity contribution in [2.45, 2.75) is 25.6 Å². The predicted octanol–water partition coefficient (Wildman–Crippen LogP) is 2.66. The van der Waals surface area contributed by atoms with Crippen LogP contribution < -0.4 is 10.2 Å². The van der Waals surface area contributed by atoms with Gasteiger partial charge in [-0.2, -0.15) is 13.2 Å². The summed E-state index contributed by atoms with van der Waals surface area (Å²) in [6.45, 7) is 2.97. The van der Waals surface area contributed by atoms with Gasteiger partial charge in [0.15, 0.2) is 5.13 Å². The molecular formula is C13H20F3N3OS. The van der Waals surface area contributed by atoms with Crippen molar-refractivity contribution in [1.82, 2.24) is 10.3 Å². The SMILES string of the molecule is COCCNCc1cnc(N2CCC(C(F)(F)F)CC2)s1. The highest BCUT2D eigenvalue weighted by atomic mass is 32.1. The number of hydrogen-bond acceptors (Lipinski definition) is 5. The number of anilines is 1. The first-order valence-corrected chi connectivity index (χ1v) is 7.78. The molecule has 2 heterocycles. The third-order valence-electron chi connectivity index (χ3n) is 3.55. The second-order valence-corrected chi connectivity index (χ2v) is 6.18. The normalized spacial score (nSPS) is 17.4. The van der Waals surface area contributed by atoms with Crippen LogP contribution in [0.2, 0.25) is 0 Å². The van der Waals surface area contributed by atoms with E-state index in [0.717, 1.165) is 16.6 Å². The van der Waals surface area contributed by atoms with Gasteiger partial charge in [-0.15, -0.1) is 11.3 Å². The Labute approximate surface area is 126 Å². The Morgan fingerprint density at radius 3 is 2.76 bits per heavy atom. The summed E-state index contributed by atoms with van der Waals surface area (Å²) >= 11 is 1.54. The highest BCUT2D eigenvalue weighted by Gasteiger charge is 2.41. The molecule has 0 atom stereocenters. The number of piperidine rings is 1. The molecule has 120 valence electrons. The third-order valence-corrected chi connectivity index (χ3v) is 4.61. The van der Waals surface area contributed by atoms with Gasteiger partial charge in [-0.1, -0.05) is 0 Å². The minimum atomic E-state index is -4.06. The van der Waals surface area contributed by atoms with E-state index in [1.807, 2.05) is 4.90 Å². The molecule has 0 saturated carbocycles. The monoisotopic (exact) mass is 323 g/mol. The molecule has 8 heteroatoms. The largest absolute Gasteiger partial charge is 0.391 e. The zero-order chi connectivity index (χ0) is 15.3. The van der Waals surface area contributed by atoms with Crippen molar-refractivity contribution in [2.75, 3.05) is 38.3 Å². The Morgan fingerprint density at radius 2 is 2.14 bits per heavy atom. The maximum absolute atomic E-state index is 12.6. The van der Waals surface area contributed by atoms with Crippen LogP contribution in [0.4, 0.5) is 18.3 Å². The first kappa shape index (κ1) is 16.5. The number of aromatic nitrogens is 1. The van der Waals surface area contributed by atoms with Gasteiger partial charge in [0, 0.05) is 44.4 Å². The number of hydrogen-bond donors (Lipinski definition) is 1. The molecule has 4 nitrogen and oxygen atoms in total. The molecule has 2 rings (SSSR count). The van der Waals surface area contributed by atoms with Gasteiger partial charge in [0.2, 0.25) is 0 Å². The zero-order valence-corrected chi connectivity index (χ0v) is 12.8. The topological polar surface area (TPSA) is 37.4 Å². The summed E-state index contributed by atoms with van der Waals surface area (Å²) in [5, 5.41) is 4.04. The summed E-state index contributed by atoms with van der Waals surface area (Å²) in [6.07, 6.45) is -1.96. The lowest BCUT2D eigenvalue weighted by Gasteiger charge is -2.32. The van der Waals surface area contributed by atoms with Crippen molar-refractivity contribution in [3.05, 3.63) is 11.1 Å². The number of halogens is 3. The number of nitrogens with one attached hydrogen (secondary N) is 1. The number of ether oxygens (including phenoxy) is 1. The molecule has 0 unspecified atom stereocenters. The van der Waals surface area contributed by atoms with Crippen LogP contribution in [0.1, 0.15) is 17.7 Å². The van der Waals surface area contributed by atoms with Crippen LogP contribution in [-0.4, -0.2) is 44.5 Å². The van der Waals surface area contributed by atoms with E-state index in [0.29, 0.717) is 26.2 Å². The van der Waals surface area contributed by atoms with Crippen molar-refractivity contribution in [3.8, 4) is 0 Å². The fraction of sp³-hybridized carbons (Fsp3) is 0.769. The van der Waals surface area contributed by atoms with Crippen LogP contribution in [0.15, 0.2) is 6.20 Å². The quantitative estimate of drug-likeness (QED) is 0.817. The van der Waals surface area contributed by atoms with Gasteiger partial charge in [-0.3, -0.25) is 0 Å². The van der Waals surface area contributed by atoms with Crippen molar-refractivity contribution < 1.29 is 17.9 Å². The van der Waals surface area contributed by atoms with Crippen molar-refractivity contribution in [2.24, 2.45) is 5.92 Å². The van der Waals surface area contributed by atoms with E-state index in [-0.39, 0.29) is 12.8 Å². The Bertz CT molecular complexity index is 431. The fourth-order valence-corrected chi connectivity index (χ4v) is 3.24. The molecule has 0 amide bonds. The molecule has 1 aliphatic heterocycles. The molecule has 0 aromatic carbocycles. The third kappa shape index (κ3) is 4.82. The number of methoxy groups -OCH3 is 1. The summed E-state index contributed by atoms with van der Waals surface area (Å²) < 4.78 is 42.8. The number of rotatable bonds is 6. The van der Waals surface area contributed by atoms with E-state index in [1.165, 1.54) is 11.3 Å². The number of alkyl halides is 3. The Kier molecular flexibility index (Phi) is 5.83. The summed E-state index contributed by atoms with van der Waals surface area (Å²) in [6, 6.07) is 0. The van der Waals surface area contributed by atoms with E-state index in [1.54, 1.807) is 13.3 Å². The summed E-state index contributed by atoms with van der Waals surface area (Å²) in [7, 11) is 1.65. The Balaban J connectivity index is 1.80. The highest BCUT2D eigenvalue weighted by Crippen LogP contribution is 2.36. The van der Waals surface area contributed by atoms with Gasteiger partial charge in [0.05, 0.1) is 12.5 Å². The molecule has 0 bridgehead atoms. The fourth-order valence-electron chi connectivity index (χ4n) is 2.31. The van der Waals surface area contributed by atoms with E-state index in [2.05, 4.69) is 10.3 Å². The molecule has 1 aliphatic rings. The standard InChI is InChI=1S/C13H20F3N3OS/c1-20-7-4-17-8-11-9-18-12(21-11)19-5-2-10(3-6-19)13(14,15)16/h9-10,17H,2-8H2,1H3. The minimum absolute atomic E-state index is 0.157. The molecule has 0 aliphatic carbocycles. The molecule has 0 spiro atoms. The van der Waals surface area contributed by atoms with Gasteiger partial charge in [-0.05, 0) is 12.8 Å². The van der Waals surface area contributed by atoms with Crippen LogP contribution in [0, 0.1) is 5.92 Å². The van der Waals surface area contributed by atoms with Crippen LogP contribution in [0.5, 0.6) is 0 Å². The lowest BCUT2D eigenvalue weighted by molar-refractivity contribution is -0.179. The molecule has 1 aromatic rings. The predicted molar refractivity (Wildman–Crippen MR) is 76.7 cm³/mol. The maximum Gasteiger partial charge on any atom is 0.391 e. The lowest BCUT2D eigenvalue weighted by Crippen LogP contribution is -2.38. The number of thiazole rings is 1. The first-order chi connectivity index (χ1) is 10.0. The van der Waals surface area contributed by atoms with Crippen LogP contribution >= 0.6 is 11.3 Å². The second-order valence-electron chi connectivity index (χ2n) is 5.08. The molecule has 1 aromatic heterocycles. The van der Waals surface area contributed by atoms with E-state index in [9.17, 15) is 13.2 Å². The van der Waals surface area contributed by atoms with Gasteiger partial charge in [0.1, 0.15) is 0 Å². The molecule has 21 heavy (non-hydrogen) atoms. The lowest BCUT2D eigenvalue weighted by atomic mass is 9.97. The smallest absolute Gasteiger partial charge is 0.383 e. The van der Waals surface area contributed by atoms with Crippen LogP contribution in [-0.2, 0) is 11.3 Å². The van der Waals surface area contributed by atoms with E-state index in [4.69, 9.17) is 4.74 Å². The average molecular weight is 323 g/mol. The average Bonchev–Trinajstić information content (AvgIpc) is 2.92. The Hall–Kier alpha value is -0.860. The summed E-state index contributed by atoms with van der Waals surface area (Å²) in [5.41, 5.74) is 0. The van der Waals surface area contributed by atoms with Gasteiger partial charge < -0.3 is 15.0 Å². The first-order valence-electron chi connectivity index (χ1n) is 6.96. The van der Waals surface area contributed by atoms with E-state index < -0.39 is 12.1 Å². The molecule has 1 saturated heterocycles. The summed E-state index contributed by atoms with van der Waals surface area (Å²) in [5.74, 6) is -1.16. The Morgan fingerprint density at radius 1 is 1.43 bits per heavy atom. The van der Waals surface area contributed by atoms with Crippen molar-refractivity contribution >= 4 is 16.5 Å². The molecule has 1 fully saturated rings. The molecule has 0 radical (unpaired) electrons. The molecular weight excluding hydrogens is 303 g/mol. The highest BCUT2D eigenvalue weighted by molar-refractivity contribution is 7.15. The maximum atomic E-state index is 12.6. The summed E-state index contributed by atoms with van der Waals surface area (Å²) in [4.78, 5) is 7.35. The van der Waals surface area contributed by atoms with Gasteiger partial charge >= 0.3 is 6.18 Å². The van der Waals surface area contributed by atoms with Gasteiger partial charge in [-0.25, -0.2) is 4.98 Å². The van der Waals surface area contributed by atoms with Gasteiger partial charge in [0.25, 0.3) is 0 Å². The zero-order valence-electron chi connectivity index (χ0n) is 11.9. The number of nitrogens with zero attached hydrogens (tertiary/aromatic N) is 2. The van der Waals surface area contributed by atoms with Crippen LogP contribution in [0.25, 0.3) is 0 Å². The van der Waals surface area contributed by atoms with E-state index >= 15 is 0 Å². The second kappa shape index (κ2) is 7.42. The van der Waals surface area contributed by atoms with Crippen LogP contribution in [0.3, 0.4) is 0 Å². The van der Waals surface area contributed by atoms with Crippen molar-refractivity contribution in [3.63, 3.8) is 0 Å². The molecule has 1 N–H and O–H groups in total. The minimum Gasteiger partial charge on any atom is -0.383 e. The van der Waals surface area contributed by atoms with Crippen molar-refractivity contribution in [1.29, 1.82) is 0 Å².